The van der Waals surface area contributed by atoms with Gasteiger partial charge in [0.05, 0.1) is 17.7 Å². The molecule has 9 heteroatoms. The molecular formula is C25H19ClFN3O2S2. The molecule has 0 aliphatic carbocycles. The fraction of sp³-hybridized carbons (Fsp3) is 0.0800. The van der Waals surface area contributed by atoms with Crippen molar-refractivity contribution in [2.45, 2.75) is 10.9 Å². The summed E-state index contributed by atoms with van der Waals surface area (Å²) in [7, 11) is 0. The van der Waals surface area contributed by atoms with Crippen LogP contribution in [0, 0.1) is 5.82 Å². The van der Waals surface area contributed by atoms with Gasteiger partial charge in [-0.3, -0.25) is 4.79 Å². The Morgan fingerprint density at radius 2 is 1.88 bits per heavy atom. The third kappa shape index (κ3) is 6.90. The van der Waals surface area contributed by atoms with E-state index in [2.05, 4.69) is 15.5 Å². The molecule has 0 atom stereocenters. The Morgan fingerprint density at radius 3 is 2.65 bits per heavy atom. The molecule has 3 aromatic carbocycles. The first-order chi connectivity index (χ1) is 16.6. The van der Waals surface area contributed by atoms with Gasteiger partial charge in [0.2, 0.25) is 0 Å². The van der Waals surface area contributed by atoms with Crippen LogP contribution < -0.4 is 10.2 Å². The number of rotatable bonds is 9. The molecule has 4 aromatic rings. The Labute approximate surface area is 209 Å². The van der Waals surface area contributed by atoms with E-state index in [1.807, 2.05) is 29.6 Å². The molecule has 0 saturated heterocycles. The topological polar surface area (TPSA) is 63.6 Å². The maximum Gasteiger partial charge on any atom is 0.250 e. The molecule has 0 aliphatic heterocycles. The Balaban J connectivity index is 1.21. The van der Waals surface area contributed by atoms with Crippen LogP contribution in [0.25, 0.3) is 11.3 Å². The predicted molar refractivity (Wildman–Crippen MR) is 136 cm³/mol. The molecule has 1 heterocycles. The van der Waals surface area contributed by atoms with Crippen molar-refractivity contribution in [3.05, 3.63) is 100 Å². The third-order valence-electron chi connectivity index (χ3n) is 4.58. The highest BCUT2D eigenvalue weighted by Crippen LogP contribution is 2.28. The molecule has 34 heavy (non-hydrogen) atoms. The molecule has 0 radical (unpaired) electrons. The lowest BCUT2D eigenvalue weighted by Crippen LogP contribution is -2.19. The van der Waals surface area contributed by atoms with E-state index in [0.29, 0.717) is 16.3 Å². The lowest BCUT2D eigenvalue weighted by Gasteiger charge is -2.07. The van der Waals surface area contributed by atoms with Crippen LogP contribution in [0.3, 0.4) is 0 Å². The first-order valence-electron chi connectivity index (χ1n) is 10.2. The van der Waals surface area contributed by atoms with E-state index < -0.39 is 0 Å². The number of nitrogens with one attached hydrogen (secondary N) is 1. The largest absolute Gasteiger partial charge is 0.489 e. The number of carbonyl (C=O) groups is 1. The van der Waals surface area contributed by atoms with Crippen LogP contribution in [-0.2, 0) is 11.4 Å². The third-order valence-corrected chi connectivity index (χ3v) is 6.86. The van der Waals surface area contributed by atoms with Crippen molar-refractivity contribution in [3.8, 4) is 17.0 Å². The highest BCUT2D eigenvalue weighted by Gasteiger charge is 2.08. The van der Waals surface area contributed by atoms with Gasteiger partial charge < -0.3 is 4.74 Å². The second-order valence-corrected chi connectivity index (χ2v) is 9.55. The fourth-order valence-corrected chi connectivity index (χ4v) is 4.60. The van der Waals surface area contributed by atoms with Crippen molar-refractivity contribution in [3.63, 3.8) is 0 Å². The standard InChI is InChI=1S/C25H19ClFN3O2S2/c26-20-9-7-18(8-10-20)23-15-33-25(29-23)34-16-24(31)30-28-13-17-5-11-21(12-6-17)32-14-19-3-1-2-4-22(19)27/h1-13,15H,14,16H2,(H,30,31)/b28-13+. The van der Waals surface area contributed by atoms with Crippen molar-refractivity contribution in [2.75, 3.05) is 5.75 Å². The maximum atomic E-state index is 13.7. The van der Waals surface area contributed by atoms with Crippen LogP contribution in [0.5, 0.6) is 5.75 Å². The number of carbonyl (C=O) groups excluding carboxylic acids is 1. The highest BCUT2D eigenvalue weighted by atomic mass is 35.5. The molecule has 0 fully saturated rings. The summed E-state index contributed by atoms with van der Waals surface area (Å²) in [5, 5.41) is 6.62. The van der Waals surface area contributed by atoms with E-state index in [1.165, 1.54) is 29.2 Å². The number of nitrogens with zero attached hydrogens (tertiary/aromatic N) is 2. The maximum absolute atomic E-state index is 13.7. The Bertz CT molecular complexity index is 1280. The van der Waals surface area contributed by atoms with Gasteiger partial charge in [-0.1, -0.05) is 53.7 Å². The summed E-state index contributed by atoms with van der Waals surface area (Å²) in [5.74, 6) is 0.293. The molecule has 4 rings (SSSR count). The number of hydrogen-bond acceptors (Lipinski definition) is 6. The van der Waals surface area contributed by atoms with Crippen molar-refractivity contribution >= 4 is 46.8 Å². The van der Waals surface area contributed by atoms with E-state index in [9.17, 15) is 9.18 Å². The van der Waals surface area contributed by atoms with E-state index in [-0.39, 0.29) is 24.1 Å². The number of thiazole rings is 1. The van der Waals surface area contributed by atoms with Gasteiger partial charge in [-0.05, 0) is 48.0 Å². The van der Waals surface area contributed by atoms with Crippen LogP contribution in [0.2, 0.25) is 5.02 Å². The summed E-state index contributed by atoms with van der Waals surface area (Å²) in [6, 6.07) is 21.1. The summed E-state index contributed by atoms with van der Waals surface area (Å²) >= 11 is 8.76. The molecule has 0 spiro atoms. The first-order valence-corrected chi connectivity index (χ1v) is 12.4. The number of hydrogen-bond donors (Lipinski definition) is 1. The average Bonchev–Trinajstić information content (AvgIpc) is 3.33. The molecule has 0 saturated carbocycles. The molecule has 1 aromatic heterocycles. The second kappa shape index (κ2) is 11.8. The monoisotopic (exact) mass is 511 g/mol. The Morgan fingerprint density at radius 1 is 1.12 bits per heavy atom. The van der Waals surface area contributed by atoms with Gasteiger partial charge in [0, 0.05) is 21.5 Å². The van der Waals surface area contributed by atoms with Crippen LogP contribution in [0.15, 0.2) is 87.6 Å². The highest BCUT2D eigenvalue weighted by molar-refractivity contribution is 8.01. The van der Waals surface area contributed by atoms with Crippen LogP contribution in [-0.4, -0.2) is 22.9 Å². The number of benzene rings is 3. The minimum atomic E-state index is -0.294. The number of thioether (sulfide) groups is 1. The van der Waals surface area contributed by atoms with Crippen molar-refractivity contribution in [2.24, 2.45) is 5.10 Å². The minimum absolute atomic E-state index is 0.147. The van der Waals surface area contributed by atoms with Crippen LogP contribution in [0.1, 0.15) is 11.1 Å². The van der Waals surface area contributed by atoms with Gasteiger partial charge in [0.15, 0.2) is 4.34 Å². The van der Waals surface area contributed by atoms with Crippen LogP contribution in [0.4, 0.5) is 4.39 Å². The number of hydrazone groups is 1. The van der Waals surface area contributed by atoms with E-state index in [0.717, 1.165) is 21.2 Å². The lowest BCUT2D eigenvalue weighted by atomic mass is 10.2. The summed E-state index contributed by atoms with van der Waals surface area (Å²) in [5.41, 5.74) is 5.62. The minimum Gasteiger partial charge on any atom is -0.489 e. The molecule has 0 aliphatic rings. The van der Waals surface area contributed by atoms with E-state index in [4.69, 9.17) is 16.3 Å². The number of amides is 1. The molecule has 1 N–H and O–H groups in total. The summed E-state index contributed by atoms with van der Waals surface area (Å²) in [4.78, 5) is 16.6. The van der Waals surface area contributed by atoms with Gasteiger partial charge in [-0.2, -0.15) is 5.10 Å². The summed E-state index contributed by atoms with van der Waals surface area (Å²) in [6.07, 6.45) is 1.55. The average molecular weight is 512 g/mol. The summed E-state index contributed by atoms with van der Waals surface area (Å²) < 4.78 is 20.1. The molecular weight excluding hydrogens is 493 g/mol. The molecule has 1 amide bonds. The zero-order valence-corrected chi connectivity index (χ0v) is 20.2. The van der Waals surface area contributed by atoms with Gasteiger partial charge in [-0.15, -0.1) is 11.3 Å². The van der Waals surface area contributed by atoms with Gasteiger partial charge in [0.1, 0.15) is 18.2 Å². The first kappa shape index (κ1) is 23.9. The Kier molecular flexibility index (Phi) is 8.30. The quantitative estimate of drug-likeness (QED) is 0.160. The summed E-state index contributed by atoms with van der Waals surface area (Å²) in [6.45, 7) is 0.147. The van der Waals surface area contributed by atoms with Crippen molar-refractivity contribution in [1.29, 1.82) is 0 Å². The molecule has 0 unspecified atom stereocenters. The number of ether oxygens (including phenoxy) is 1. The zero-order valence-electron chi connectivity index (χ0n) is 17.8. The lowest BCUT2D eigenvalue weighted by molar-refractivity contribution is -0.118. The smallest absolute Gasteiger partial charge is 0.250 e. The SMILES string of the molecule is O=C(CSc1nc(-c2ccc(Cl)cc2)cs1)N/N=C/c1ccc(OCc2ccccc2F)cc1. The molecule has 172 valence electrons. The molecule has 0 bridgehead atoms. The Hall–Kier alpha value is -3.20. The van der Waals surface area contributed by atoms with E-state index in [1.54, 1.807) is 48.7 Å². The fourth-order valence-electron chi connectivity index (χ4n) is 2.84. The second-order valence-electron chi connectivity index (χ2n) is 7.04. The van der Waals surface area contributed by atoms with Crippen LogP contribution >= 0.6 is 34.7 Å². The predicted octanol–water partition coefficient (Wildman–Crippen LogP) is 6.42. The van der Waals surface area contributed by atoms with Crippen molar-refractivity contribution in [1.82, 2.24) is 10.4 Å². The van der Waals surface area contributed by atoms with Crippen molar-refractivity contribution < 1.29 is 13.9 Å². The van der Waals surface area contributed by atoms with Gasteiger partial charge in [-0.25, -0.2) is 14.8 Å². The number of halogens is 2. The van der Waals surface area contributed by atoms with E-state index >= 15 is 0 Å². The van der Waals surface area contributed by atoms with Gasteiger partial charge >= 0.3 is 0 Å². The normalized spacial score (nSPS) is 11.0. The zero-order chi connectivity index (χ0) is 23.8. The molecule has 5 nitrogen and oxygen atoms in total. The number of aromatic nitrogens is 1. The van der Waals surface area contributed by atoms with Gasteiger partial charge in [0.25, 0.3) is 5.91 Å².